The van der Waals surface area contributed by atoms with Gasteiger partial charge in [-0.05, 0) is 48.5 Å². The summed E-state index contributed by atoms with van der Waals surface area (Å²) >= 11 is 5.97. The van der Waals surface area contributed by atoms with E-state index in [2.05, 4.69) is 14.8 Å². The second-order valence-electron chi connectivity index (χ2n) is 6.14. The molecule has 3 rings (SSSR count). The van der Waals surface area contributed by atoms with Gasteiger partial charge in [0.25, 0.3) is 15.9 Å². The monoisotopic (exact) mass is 444 g/mol. The molecule has 0 fully saturated rings. The summed E-state index contributed by atoms with van der Waals surface area (Å²) in [5.41, 5.74) is 0.935. The normalized spacial score (nSPS) is 10.9. The predicted octanol–water partition coefficient (Wildman–Crippen LogP) is 4.18. The third-order valence-corrected chi connectivity index (χ3v) is 5.77. The fourth-order valence-electron chi connectivity index (χ4n) is 2.60. The highest BCUT2D eigenvalue weighted by molar-refractivity contribution is 7.92. The van der Waals surface area contributed by atoms with E-state index in [1.807, 2.05) is 0 Å². The van der Waals surface area contributed by atoms with Gasteiger partial charge in [-0.15, -0.1) is 0 Å². The van der Waals surface area contributed by atoms with Crippen molar-refractivity contribution >= 4 is 44.9 Å². The van der Waals surface area contributed by atoms with Crippen LogP contribution in [0.25, 0.3) is 0 Å². The van der Waals surface area contributed by atoms with Gasteiger partial charge in [-0.3, -0.25) is 9.52 Å². The van der Waals surface area contributed by atoms with Crippen LogP contribution in [0.5, 0.6) is 0 Å². The van der Waals surface area contributed by atoms with Crippen LogP contribution >= 0.6 is 11.6 Å². The molecular weight excluding hydrogens is 428 g/mol. The summed E-state index contributed by atoms with van der Waals surface area (Å²) in [5.74, 6) is -1.19. The molecular formula is C21H17ClN2O5S. The van der Waals surface area contributed by atoms with Crippen LogP contribution in [0, 0.1) is 0 Å². The van der Waals surface area contributed by atoms with E-state index in [-0.39, 0.29) is 21.0 Å². The fourth-order valence-corrected chi connectivity index (χ4v) is 3.90. The lowest BCUT2D eigenvalue weighted by atomic mass is 10.1. The van der Waals surface area contributed by atoms with Gasteiger partial charge in [-0.1, -0.05) is 35.9 Å². The van der Waals surface area contributed by atoms with Crippen molar-refractivity contribution in [3.63, 3.8) is 0 Å². The number of sulfonamides is 1. The number of carbonyl (C=O) groups excluding carboxylic acids is 2. The van der Waals surface area contributed by atoms with E-state index < -0.39 is 21.9 Å². The smallest absolute Gasteiger partial charge is 0.339 e. The minimum absolute atomic E-state index is 0.0645. The fraction of sp³-hybridized carbons (Fsp3) is 0.0476. The van der Waals surface area contributed by atoms with Crippen LogP contribution in [0.3, 0.4) is 0 Å². The zero-order valence-corrected chi connectivity index (χ0v) is 17.3. The third kappa shape index (κ3) is 4.97. The van der Waals surface area contributed by atoms with Gasteiger partial charge >= 0.3 is 5.97 Å². The first kappa shape index (κ1) is 21.4. The molecule has 0 aliphatic heterocycles. The van der Waals surface area contributed by atoms with Crippen LogP contribution in [-0.4, -0.2) is 27.4 Å². The number of carbonyl (C=O) groups is 2. The number of halogens is 1. The van der Waals surface area contributed by atoms with Crippen LogP contribution in [0.4, 0.5) is 11.4 Å². The average Bonchev–Trinajstić information content (AvgIpc) is 2.75. The molecule has 0 aliphatic carbocycles. The zero-order valence-electron chi connectivity index (χ0n) is 15.8. The summed E-state index contributed by atoms with van der Waals surface area (Å²) in [6.45, 7) is 0. The average molecular weight is 445 g/mol. The second kappa shape index (κ2) is 8.98. The maximum atomic E-state index is 12.6. The molecule has 9 heteroatoms. The Morgan fingerprint density at radius 2 is 1.63 bits per heavy atom. The minimum atomic E-state index is -3.88. The van der Waals surface area contributed by atoms with Crippen molar-refractivity contribution in [1.29, 1.82) is 0 Å². The van der Waals surface area contributed by atoms with Crippen molar-refractivity contribution in [2.24, 2.45) is 0 Å². The van der Waals surface area contributed by atoms with Gasteiger partial charge in [0.05, 0.1) is 22.6 Å². The first-order valence-electron chi connectivity index (χ1n) is 8.67. The molecule has 0 atom stereocenters. The quantitative estimate of drug-likeness (QED) is 0.555. The molecule has 3 aromatic rings. The molecule has 30 heavy (non-hydrogen) atoms. The molecule has 1 amide bonds. The number of benzene rings is 3. The van der Waals surface area contributed by atoms with Crippen molar-refractivity contribution in [3.05, 3.63) is 88.9 Å². The van der Waals surface area contributed by atoms with E-state index in [9.17, 15) is 18.0 Å². The van der Waals surface area contributed by atoms with E-state index >= 15 is 0 Å². The molecule has 154 valence electrons. The number of hydrogen-bond acceptors (Lipinski definition) is 5. The number of nitrogens with one attached hydrogen (secondary N) is 2. The van der Waals surface area contributed by atoms with E-state index in [1.54, 1.807) is 30.3 Å². The van der Waals surface area contributed by atoms with Crippen molar-refractivity contribution < 1.29 is 22.7 Å². The molecule has 2 N–H and O–H groups in total. The molecule has 0 aliphatic rings. The molecule has 0 radical (unpaired) electrons. The summed E-state index contributed by atoms with van der Waals surface area (Å²) in [6.07, 6.45) is 0. The highest BCUT2D eigenvalue weighted by Gasteiger charge is 2.17. The summed E-state index contributed by atoms with van der Waals surface area (Å²) in [5, 5.41) is 2.79. The Labute approximate surface area is 178 Å². The van der Waals surface area contributed by atoms with Crippen molar-refractivity contribution in [1.82, 2.24) is 0 Å². The number of amides is 1. The summed E-state index contributed by atoms with van der Waals surface area (Å²) < 4.78 is 32.3. The first-order chi connectivity index (χ1) is 14.3. The molecule has 0 unspecified atom stereocenters. The van der Waals surface area contributed by atoms with E-state index in [0.29, 0.717) is 11.4 Å². The molecule has 7 nitrogen and oxygen atoms in total. The number of para-hydroxylation sites is 1. The van der Waals surface area contributed by atoms with E-state index in [0.717, 1.165) is 0 Å². The van der Waals surface area contributed by atoms with Crippen LogP contribution in [0.2, 0.25) is 5.02 Å². The Balaban J connectivity index is 1.82. The van der Waals surface area contributed by atoms with Crippen molar-refractivity contribution in [2.75, 3.05) is 17.1 Å². The maximum absolute atomic E-state index is 12.6. The van der Waals surface area contributed by atoms with Crippen molar-refractivity contribution in [2.45, 2.75) is 4.90 Å². The predicted molar refractivity (Wildman–Crippen MR) is 114 cm³/mol. The Morgan fingerprint density at radius 3 is 2.33 bits per heavy atom. The number of methoxy groups -OCH3 is 1. The molecule has 0 aromatic heterocycles. The van der Waals surface area contributed by atoms with Crippen LogP contribution in [0.15, 0.2) is 77.7 Å². The van der Waals surface area contributed by atoms with Crippen LogP contribution < -0.4 is 10.0 Å². The Morgan fingerprint density at radius 1 is 0.900 bits per heavy atom. The Bertz CT molecular complexity index is 1200. The zero-order chi connectivity index (χ0) is 21.7. The van der Waals surface area contributed by atoms with Gasteiger partial charge in [-0.2, -0.15) is 0 Å². The van der Waals surface area contributed by atoms with E-state index in [1.165, 1.54) is 49.6 Å². The molecule has 0 spiro atoms. The van der Waals surface area contributed by atoms with Gasteiger partial charge in [0, 0.05) is 16.9 Å². The first-order valence-corrected chi connectivity index (χ1v) is 10.5. The standard InChI is InChI=1S/C21H17ClN2O5S/c1-29-21(26)18-13-16(10-11-19(18)22)23-20(25)14-6-5-9-17(12-14)30(27,28)24-15-7-3-2-4-8-15/h2-13,24H,1H3,(H,23,25). The molecule has 3 aromatic carbocycles. The van der Waals surface area contributed by atoms with Crippen LogP contribution in [-0.2, 0) is 14.8 Å². The second-order valence-corrected chi connectivity index (χ2v) is 8.23. The maximum Gasteiger partial charge on any atom is 0.339 e. The van der Waals surface area contributed by atoms with Gasteiger partial charge in [0.15, 0.2) is 0 Å². The van der Waals surface area contributed by atoms with Crippen LogP contribution in [0.1, 0.15) is 20.7 Å². The summed E-state index contributed by atoms with van der Waals surface area (Å²) in [7, 11) is -2.66. The lowest BCUT2D eigenvalue weighted by Gasteiger charge is -2.11. The number of rotatable bonds is 6. The molecule has 0 heterocycles. The van der Waals surface area contributed by atoms with Crippen molar-refractivity contribution in [3.8, 4) is 0 Å². The largest absolute Gasteiger partial charge is 0.465 e. The SMILES string of the molecule is COC(=O)c1cc(NC(=O)c2cccc(S(=O)(=O)Nc3ccccc3)c2)ccc1Cl. The number of hydrogen-bond donors (Lipinski definition) is 2. The third-order valence-electron chi connectivity index (χ3n) is 4.06. The minimum Gasteiger partial charge on any atom is -0.465 e. The number of anilines is 2. The Kier molecular flexibility index (Phi) is 6.39. The summed E-state index contributed by atoms with van der Waals surface area (Å²) in [4.78, 5) is 24.3. The molecule has 0 saturated heterocycles. The van der Waals surface area contributed by atoms with E-state index in [4.69, 9.17) is 11.6 Å². The molecule has 0 saturated carbocycles. The Hall–Kier alpha value is -3.36. The van der Waals surface area contributed by atoms with Gasteiger partial charge in [-0.25, -0.2) is 13.2 Å². The highest BCUT2D eigenvalue weighted by Crippen LogP contribution is 2.22. The van der Waals surface area contributed by atoms with Gasteiger partial charge < -0.3 is 10.1 Å². The topological polar surface area (TPSA) is 102 Å². The number of ether oxygens (including phenoxy) is 1. The lowest BCUT2D eigenvalue weighted by molar-refractivity contribution is 0.0600. The van der Waals surface area contributed by atoms with Gasteiger partial charge in [0.2, 0.25) is 0 Å². The van der Waals surface area contributed by atoms with Gasteiger partial charge in [0.1, 0.15) is 0 Å². The molecule has 0 bridgehead atoms. The lowest BCUT2D eigenvalue weighted by Crippen LogP contribution is -2.16. The highest BCUT2D eigenvalue weighted by atomic mass is 35.5. The summed E-state index contributed by atoms with van der Waals surface area (Å²) in [6, 6.07) is 18.4. The number of esters is 1.